The van der Waals surface area contributed by atoms with Gasteiger partial charge in [-0.2, -0.15) is 4.80 Å². The Kier molecular flexibility index (Phi) is 2.83. The number of fused-ring (bicyclic) bond motifs is 1. The number of aromatic nitrogens is 3. The molecule has 2 N–H and O–H groups in total. The average molecular weight is 277 g/mol. The molecule has 0 unspecified atom stereocenters. The van der Waals surface area contributed by atoms with Crippen LogP contribution in [0.3, 0.4) is 0 Å². The Morgan fingerprint density at radius 1 is 0.947 bits per heavy atom. The molecule has 0 fully saturated rings. The Morgan fingerprint density at radius 3 is 2.32 bits per heavy atom. The van der Waals surface area contributed by atoms with Crippen molar-refractivity contribution < 1.29 is 10.4 Å². The molecule has 96 valence electrons. The van der Waals surface area contributed by atoms with Gasteiger partial charge < -0.3 is 0 Å². The molecule has 0 radical (unpaired) electrons. The molecule has 0 saturated heterocycles. The van der Waals surface area contributed by atoms with Crippen molar-refractivity contribution in [1.82, 2.24) is 15.0 Å². The Bertz CT molecular complexity index is 724. The Labute approximate surface area is 113 Å². The van der Waals surface area contributed by atoms with Crippen LogP contribution in [-0.2, 0) is 0 Å². The van der Waals surface area contributed by atoms with E-state index in [-0.39, 0.29) is 10.9 Å². The molecule has 0 spiro atoms. The zero-order valence-electron chi connectivity index (χ0n) is 9.60. The second-order valence-electron chi connectivity index (χ2n) is 3.93. The molecule has 1 aromatic heterocycles. The molecule has 2 aromatic carbocycles. The zero-order chi connectivity index (χ0) is 13.4. The van der Waals surface area contributed by atoms with Crippen LogP contribution in [0.2, 0.25) is 5.02 Å². The van der Waals surface area contributed by atoms with Crippen molar-refractivity contribution in [3.8, 4) is 5.69 Å². The van der Waals surface area contributed by atoms with Crippen molar-refractivity contribution in [1.29, 1.82) is 0 Å². The molecular weight excluding hydrogens is 268 g/mol. The van der Waals surface area contributed by atoms with E-state index in [1.807, 2.05) is 0 Å². The fraction of sp³-hybridized carbons (Fsp3) is 0. The van der Waals surface area contributed by atoms with Gasteiger partial charge in [-0.25, -0.2) is 0 Å². The van der Waals surface area contributed by atoms with E-state index in [0.717, 1.165) is 5.52 Å². The van der Waals surface area contributed by atoms with Crippen LogP contribution < -0.4 is 5.23 Å². The summed E-state index contributed by atoms with van der Waals surface area (Å²) in [5.74, 6) is 0. The van der Waals surface area contributed by atoms with Gasteiger partial charge in [0.15, 0.2) is 0 Å². The summed E-state index contributed by atoms with van der Waals surface area (Å²) < 4.78 is 0. The van der Waals surface area contributed by atoms with Gasteiger partial charge in [-0.1, -0.05) is 11.6 Å². The summed E-state index contributed by atoms with van der Waals surface area (Å²) in [6.45, 7) is 0. The van der Waals surface area contributed by atoms with Crippen molar-refractivity contribution in [3.63, 3.8) is 0 Å². The second kappa shape index (κ2) is 4.51. The molecular formula is C12H9ClN4O2. The predicted molar refractivity (Wildman–Crippen MR) is 69.9 cm³/mol. The van der Waals surface area contributed by atoms with E-state index in [9.17, 15) is 0 Å². The Hall–Kier alpha value is -2.15. The van der Waals surface area contributed by atoms with Gasteiger partial charge in [-0.3, -0.25) is 10.4 Å². The smallest absolute Gasteiger partial charge is 0.115 e. The highest BCUT2D eigenvalue weighted by atomic mass is 35.5. The highest BCUT2D eigenvalue weighted by Crippen LogP contribution is 2.18. The molecule has 19 heavy (non-hydrogen) atoms. The lowest BCUT2D eigenvalue weighted by atomic mass is 10.3. The van der Waals surface area contributed by atoms with Gasteiger partial charge in [-0.15, -0.1) is 15.4 Å². The van der Waals surface area contributed by atoms with E-state index in [4.69, 9.17) is 22.0 Å². The van der Waals surface area contributed by atoms with Crippen LogP contribution in [-0.4, -0.2) is 25.4 Å². The summed E-state index contributed by atoms with van der Waals surface area (Å²) in [7, 11) is 0. The third-order valence-corrected chi connectivity index (χ3v) is 2.89. The summed E-state index contributed by atoms with van der Waals surface area (Å²) >= 11 is 5.89. The van der Waals surface area contributed by atoms with E-state index in [1.165, 1.54) is 16.9 Å². The van der Waals surface area contributed by atoms with Crippen LogP contribution in [0.25, 0.3) is 16.7 Å². The summed E-state index contributed by atoms with van der Waals surface area (Å²) in [6.07, 6.45) is 0. The maximum absolute atomic E-state index is 8.87. The molecule has 0 aliphatic heterocycles. The quantitative estimate of drug-likeness (QED) is 0.704. The first kappa shape index (κ1) is 11.9. The standard InChI is InChI=1S/C12H9ClN4O2/c13-8-1-6-11-12(7-8)15-16(14-11)9-2-4-10(5-3-9)17(18)19/h1-7,18-19H. The van der Waals surface area contributed by atoms with Crippen molar-refractivity contribution >= 4 is 28.3 Å². The van der Waals surface area contributed by atoms with Crippen LogP contribution in [0.1, 0.15) is 0 Å². The minimum Gasteiger partial charge on any atom is -0.264 e. The third-order valence-electron chi connectivity index (χ3n) is 2.65. The largest absolute Gasteiger partial charge is 0.264 e. The number of benzene rings is 2. The highest BCUT2D eigenvalue weighted by Gasteiger charge is 2.06. The first-order valence-corrected chi connectivity index (χ1v) is 5.82. The number of rotatable bonds is 2. The van der Waals surface area contributed by atoms with Crippen LogP contribution in [0.4, 0.5) is 5.69 Å². The zero-order valence-corrected chi connectivity index (χ0v) is 10.4. The van der Waals surface area contributed by atoms with Crippen molar-refractivity contribution in [2.75, 3.05) is 5.23 Å². The molecule has 7 heteroatoms. The minimum atomic E-state index is 0.0522. The topological polar surface area (TPSA) is 74.4 Å². The predicted octanol–water partition coefficient (Wildman–Crippen LogP) is 2.66. The average Bonchev–Trinajstić information content (AvgIpc) is 2.81. The number of hydrogen-bond donors (Lipinski definition) is 2. The SMILES string of the molecule is ON(O)c1ccc(-n2nc3ccc(Cl)cc3n2)cc1. The molecule has 3 aromatic rings. The van der Waals surface area contributed by atoms with Crippen molar-refractivity contribution in [3.05, 3.63) is 47.5 Å². The molecule has 6 nitrogen and oxygen atoms in total. The lowest BCUT2D eigenvalue weighted by molar-refractivity contribution is 0.0291. The van der Waals surface area contributed by atoms with E-state index >= 15 is 0 Å². The van der Waals surface area contributed by atoms with Gasteiger partial charge in [0.1, 0.15) is 11.0 Å². The van der Waals surface area contributed by atoms with E-state index in [2.05, 4.69) is 10.2 Å². The van der Waals surface area contributed by atoms with Gasteiger partial charge in [0.25, 0.3) is 0 Å². The fourth-order valence-electron chi connectivity index (χ4n) is 1.72. The van der Waals surface area contributed by atoms with E-state index < -0.39 is 0 Å². The van der Waals surface area contributed by atoms with Crippen LogP contribution >= 0.6 is 11.6 Å². The van der Waals surface area contributed by atoms with Gasteiger partial charge >= 0.3 is 0 Å². The maximum atomic E-state index is 8.87. The normalized spacial score (nSPS) is 10.9. The van der Waals surface area contributed by atoms with Gasteiger partial charge in [0, 0.05) is 5.02 Å². The summed E-state index contributed by atoms with van der Waals surface area (Å²) in [5.41, 5.74) is 2.39. The molecule has 0 aliphatic rings. The molecule has 0 aliphatic carbocycles. The van der Waals surface area contributed by atoms with Crippen LogP contribution in [0.15, 0.2) is 42.5 Å². The van der Waals surface area contributed by atoms with E-state index in [0.29, 0.717) is 16.2 Å². The number of hydrogen-bond acceptors (Lipinski definition) is 5. The Balaban J connectivity index is 2.03. The van der Waals surface area contributed by atoms with Crippen LogP contribution in [0.5, 0.6) is 0 Å². The number of anilines is 1. The van der Waals surface area contributed by atoms with Crippen molar-refractivity contribution in [2.24, 2.45) is 0 Å². The highest BCUT2D eigenvalue weighted by molar-refractivity contribution is 6.31. The Morgan fingerprint density at radius 2 is 1.63 bits per heavy atom. The number of nitrogens with zero attached hydrogens (tertiary/aromatic N) is 4. The molecule has 0 saturated carbocycles. The minimum absolute atomic E-state index is 0.0522. The van der Waals surface area contributed by atoms with Gasteiger partial charge in [0.2, 0.25) is 0 Å². The van der Waals surface area contributed by atoms with Crippen LogP contribution in [0, 0.1) is 0 Å². The third kappa shape index (κ3) is 2.24. The monoisotopic (exact) mass is 276 g/mol. The molecule has 0 amide bonds. The lowest BCUT2D eigenvalue weighted by Crippen LogP contribution is -2.10. The second-order valence-corrected chi connectivity index (χ2v) is 4.36. The first-order chi connectivity index (χ1) is 9.13. The molecule has 3 rings (SSSR count). The molecule has 0 bridgehead atoms. The molecule has 0 atom stereocenters. The van der Waals surface area contributed by atoms with Gasteiger partial charge in [0.05, 0.1) is 11.4 Å². The van der Waals surface area contributed by atoms with E-state index in [1.54, 1.807) is 30.3 Å². The maximum Gasteiger partial charge on any atom is 0.115 e. The summed E-state index contributed by atoms with van der Waals surface area (Å²) in [6, 6.07) is 11.7. The fourth-order valence-corrected chi connectivity index (χ4v) is 1.89. The van der Waals surface area contributed by atoms with Crippen molar-refractivity contribution in [2.45, 2.75) is 0 Å². The van der Waals surface area contributed by atoms with Gasteiger partial charge in [-0.05, 0) is 42.5 Å². The summed E-state index contributed by atoms with van der Waals surface area (Å²) in [5, 5.41) is 27.0. The first-order valence-electron chi connectivity index (χ1n) is 5.44. The summed E-state index contributed by atoms with van der Waals surface area (Å²) in [4.78, 5) is 1.46. The molecule has 1 heterocycles. The lowest BCUT2D eigenvalue weighted by Gasteiger charge is -2.07. The number of halogens is 1.